The van der Waals surface area contributed by atoms with Gasteiger partial charge >= 0.3 is 0 Å². The van der Waals surface area contributed by atoms with E-state index in [9.17, 15) is 13.6 Å². The fourth-order valence-electron chi connectivity index (χ4n) is 3.32. The van der Waals surface area contributed by atoms with Gasteiger partial charge in [-0.1, -0.05) is 36.1 Å². The number of hydrogen-bond donors (Lipinski definition) is 2. The van der Waals surface area contributed by atoms with Crippen LogP contribution in [0, 0.1) is 0 Å². The SMILES string of the molecule is COc1ccc(-c2cc(-c3ccc(SC(=S)N(C)O)cc3)nn2-c2ccc(S(N)(=O)=O)cc2)cc1. The van der Waals surface area contributed by atoms with E-state index in [4.69, 9.17) is 27.2 Å². The van der Waals surface area contributed by atoms with E-state index in [2.05, 4.69) is 0 Å². The van der Waals surface area contributed by atoms with Crippen LogP contribution in [-0.4, -0.2) is 46.9 Å². The van der Waals surface area contributed by atoms with Crippen molar-refractivity contribution in [3.63, 3.8) is 0 Å². The van der Waals surface area contributed by atoms with Crippen molar-refractivity contribution in [3.8, 4) is 34.0 Å². The Morgan fingerprint density at radius 2 is 1.63 bits per heavy atom. The van der Waals surface area contributed by atoms with Gasteiger partial charge in [-0.05, 0) is 66.7 Å². The summed E-state index contributed by atoms with van der Waals surface area (Å²) in [6.07, 6.45) is 0. The standard InChI is InChI=1S/C24H22N4O4S3/c1-27(29)24(33)34-20-11-5-16(6-12-20)22-15-23(17-3-9-19(32-2)10-4-17)28(26-22)18-7-13-21(14-8-18)35(25,30)31/h3-15,29H,1-2H3,(H2,25,30,31). The first kappa shape index (κ1) is 24.9. The van der Waals surface area contributed by atoms with Crippen molar-refractivity contribution in [2.24, 2.45) is 5.14 Å². The van der Waals surface area contributed by atoms with Crippen LogP contribution < -0.4 is 9.88 Å². The maximum absolute atomic E-state index is 11.7. The third-order valence-corrected chi connectivity index (χ3v) is 7.51. The van der Waals surface area contributed by atoms with Gasteiger partial charge in [0.2, 0.25) is 10.0 Å². The molecule has 0 unspecified atom stereocenters. The number of methoxy groups -OCH3 is 1. The fraction of sp³-hybridized carbons (Fsp3) is 0.0833. The van der Waals surface area contributed by atoms with Gasteiger partial charge in [0, 0.05) is 23.1 Å². The van der Waals surface area contributed by atoms with Gasteiger partial charge in [-0.2, -0.15) is 5.10 Å². The van der Waals surface area contributed by atoms with E-state index in [1.165, 1.54) is 30.9 Å². The topological polar surface area (TPSA) is 111 Å². The lowest BCUT2D eigenvalue weighted by atomic mass is 10.1. The summed E-state index contributed by atoms with van der Waals surface area (Å²) >= 11 is 6.41. The van der Waals surface area contributed by atoms with Crippen molar-refractivity contribution in [1.29, 1.82) is 0 Å². The van der Waals surface area contributed by atoms with Gasteiger partial charge in [-0.25, -0.2) is 23.3 Å². The Balaban J connectivity index is 1.75. The lowest BCUT2D eigenvalue weighted by Crippen LogP contribution is -2.16. The molecule has 8 nitrogen and oxygen atoms in total. The molecule has 3 aromatic carbocycles. The quantitative estimate of drug-likeness (QED) is 0.214. The van der Waals surface area contributed by atoms with E-state index in [1.54, 1.807) is 23.9 Å². The molecule has 0 amide bonds. The molecule has 0 spiro atoms. The Hall–Kier alpha value is -3.22. The molecule has 3 N–H and O–H groups in total. The molecular weight excluding hydrogens is 504 g/mol. The Kier molecular flexibility index (Phi) is 7.24. The second kappa shape index (κ2) is 10.2. The molecule has 0 saturated carbocycles. The summed E-state index contributed by atoms with van der Waals surface area (Å²) in [5.41, 5.74) is 4.01. The lowest BCUT2D eigenvalue weighted by molar-refractivity contribution is 0.0205. The molecule has 0 bridgehead atoms. The normalized spacial score (nSPS) is 11.3. The zero-order chi connectivity index (χ0) is 25.2. The molecule has 0 saturated heterocycles. The van der Waals surface area contributed by atoms with E-state index >= 15 is 0 Å². The zero-order valence-electron chi connectivity index (χ0n) is 18.8. The third-order valence-electron chi connectivity index (χ3n) is 5.12. The summed E-state index contributed by atoms with van der Waals surface area (Å²) in [5, 5.41) is 20.4. The highest BCUT2D eigenvalue weighted by molar-refractivity contribution is 8.22. The summed E-state index contributed by atoms with van der Waals surface area (Å²) in [5.74, 6) is 0.733. The Morgan fingerprint density at radius 1 is 1.03 bits per heavy atom. The van der Waals surface area contributed by atoms with Crippen LogP contribution in [0.3, 0.4) is 0 Å². The molecule has 1 aromatic heterocycles. The van der Waals surface area contributed by atoms with Gasteiger partial charge in [0.05, 0.1) is 29.1 Å². The molecule has 0 aliphatic heterocycles. The molecule has 180 valence electrons. The second-order valence-corrected chi connectivity index (χ2v) is 10.8. The highest BCUT2D eigenvalue weighted by Gasteiger charge is 2.15. The van der Waals surface area contributed by atoms with Crippen molar-refractivity contribution in [1.82, 2.24) is 14.8 Å². The molecule has 0 atom stereocenters. The smallest absolute Gasteiger partial charge is 0.238 e. The molecule has 1 heterocycles. The van der Waals surface area contributed by atoms with Crippen molar-refractivity contribution < 1.29 is 18.4 Å². The molecule has 4 aromatic rings. The first-order valence-corrected chi connectivity index (χ1v) is 13.1. The van der Waals surface area contributed by atoms with Crippen LogP contribution in [0.5, 0.6) is 5.75 Å². The first-order chi connectivity index (χ1) is 16.7. The predicted molar refractivity (Wildman–Crippen MR) is 140 cm³/mol. The zero-order valence-corrected chi connectivity index (χ0v) is 21.3. The number of hydrogen-bond acceptors (Lipinski definition) is 7. The van der Waals surface area contributed by atoms with Crippen LogP contribution in [0.25, 0.3) is 28.2 Å². The Morgan fingerprint density at radius 3 is 2.17 bits per heavy atom. The van der Waals surface area contributed by atoms with Crippen molar-refractivity contribution in [3.05, 3.63) is 78.9 Å². The monoisotopic (exact) mass is 526 g/mol. The number of ether oxygens (including phenoxy) is 1. The van der Waals surface area contributed by atoms with Crippen LogP contribution in [0.2, 0.25) is 0 Å². The predicted octanol–water partition coefficient (Wildman–Crippen LogP) is 4.56. The maximum Gasteiger partial charge on any atom is 0.238 e. The van der Waals surface area contributed by atoms with Gasteiger partial charge < -0.3 is 4.74 Å². The Labute approximate surface area is 213 Å². The first-order valence-electron chi connectivity index (χ1n) is 10.3. The third kappa shape index (κ3) is 5.72. The minimum atomic E-state index is -3.80. The fourth-order valence-corrected chi connectivity index (χ4v) is 4.73. The highest BCUT2D eigenvalue weighted by Crippen LogP contribution is 2.31. The average molecular weight is 527 g/mol. The van der Waals surface area contributed by atoms with Gasteiger partial charge in [0.1, 0.15) is 5.75 Å². The molecule has 0 radical (unpaired) electrons. The number of benzene rings is 3. The van der Waals surface area contributed by atoms with Crippen LogP contribution in [0.1, 0.15) is 0 Å². The van der Waals surface area contributed by atoms with Crippen LogP contribution >= 0.6 is 24.0 Å². The number of rotatable bonds is 6. The second-order valence-electron chi connectivity index (χ2n) is 7.51. The van der Waals surface area contributed by atoms with Crippen LogP contribution in [-0.2, 0) is 10.0 Å². The van der Waals surface area contributed by atoms with Crippen LogP contribution in [0.15, 0.2) is 88.7 Å². The highest BCUT2D eigenvalue weighted by atomic mass is 32.2. The van der Waals surface area contributed by atoms with Gasteiger partial charge in [0.25, 0.3) is 0 Å². The summed E-state index contributed by atoms with van der Waals surface area (Å²) in [6, 6.07) is 23.5. The number of primary sulfonamides is 1. The van der Waals surface area contributed by atoms with E-state index in [1.807, 2.05) is 54.6 Å². The van der Waals surface area contributed by atoms with Crippen LogP contribution in [0.4, 0.5) is 0 Å². The average Bonchev–Trinajstić information content (AvgIpc) is 3.29. The minimum Gasteiger partial charge on any atom is -0.497 e. The summed E-state index contributed by atoms with van der Waals surface area (Å²) in [7, 11) is -0.714. The molecule has 0 aliphatic carbocycles. The van der Waals surface area contributed by atoms with Crippen molar-refractivity contribution >= 4 is 38.3 Å². The number of thioether (sulfide) groups is 1. The largest absolute Gasteiger partial charge is 0.497 e. The molecule has 0 aliphatic rings. The number of sulfonamides is 1. The van der Waals surface area contributed by atoms with Crippen molar-refractivity contribution in [2.75, 3.05) is 14.2 Å². The number of aromatic nitrogens is 2. The van der Waals surface area contributed by atoms with Gasteiger partial charge in [-0.3, -0.25) is 5.21 Å². The van der Waals surface area contributed by atoms with Gasteiger partial charge in [0.15, 0.2) is 4.32 Å². The Bertz CT molecular complexity index is 1450. The minimum absolute atomic E-state index is 0.0270. The molecule has 0 fully saturated rings. The number of nitrogens with two attached hydrogens (primary N) is 1. The number of hydroxylamine groups is 2. The van der Waals surface area contributed by atoms with E-state index in [-0.39, 0.29) is 4.90 Å². The van der Waals surface area contributed by atoms with E-state index in [0.717, 1.165) is 38.2 Å². The molecular formula is C24H22N4O4S3. The van der Waals surface area contributed by atoms with E-state index in [0.29, 0.717) is 10.0 Å². The molecule has 11 heteroatoms. The summed E-state index contributed by atoms with van der Waals surface area (Å²) in [6.45, 7) is 0. The number of nitrogens with zero attached hydrogens (tertiary/aromatic N) is 3. The van der Waals surface area contributed by atoms with Crippen molar-refractivity contribution in [2.45, 2.75) is 9.79 Å². The summed E-state index contributed by atoms with van der Waals surface area (Å²) < 4.78 is 30.7. The summed E-state index contributed by atoms with van der Waals surface area (Å²) in [4.78, 5) is 0.909. The molecule has 35 heavy (non-hydrogen) atoms. The van der Waals surface area contributed by atoms with Gasteiger partial charge in [-0.15, -0.1) is 0 Å². The lowest BCUT2D eigenvalue weighted by Gasteiger charge is -2.10. The van der Waals surface area contributed by atoms with E-state index < -0.39 is 10.0 Å². The number of thiocarbonyl (C=S) groups is 1. The maximum atomic E-state index is 11.7. The molecule has 4 rings (SSSR count).